The number of benzene rings is 2. The molecule has 0 aromatic heterocycles. The van der Waals surface area contributed by atoms with Gasteiger partial charge in [-0.15, -0.1) is 0 Å². The molecule has 1 unspecified atom stereocenters. The van der Waals surface area contributed by atoms with Crippen molar-refractivity contribution in [2.75, 3.05) is 0 Å². The molecule has 1 atom stereocenters. The molecule has 0 bridgehead atoms. The lowest BCUT2D eigenvalue weighted by Crippen LogP contribution is -2.50. The molecule has 7 heteroatoms. The number of rotatable bonds is 3. The Hall–Kier alpha value is -2.28. The molecular weight excluding hydrogens is 290 g/mol. The molecule has 0 amide bonds. The van der Waals surface area contributed by atoms with Crippen molar-refractivity contribution < 1.29 is 4.74 Å². The monoisotopic (exact) mass is 303 g/mol. The Balaban J connectivity index is 1.94. The van der Waals surface area contributed by atoms with E-state index >= 15 is 0 Å². The molecule has 6 nitrogen and oxygen atoms in total. The van der Waals surface area contributed by atoms with Crippen LogP contribution in [-0.4, -0.2) is 5.96 Å². The van der Waals surface area contributed by atoms with Crippen LogP contribution in [0.5, 0.6) is 11.5 Å². The summed E-state index contributed by atoms with van der Waals surface area (Å²) in [5.74, 6) is 0.306. The lowest BCUT2D eigenvalue weighted by atomic mass is 10.1. The van der Waals surface area contributed by atoms with Crippen LogP contribution < -0.4 is 27.1 Å². The summed E-state index contributed by atoms with van der Waals surface area (Å²) in [7, 11) is 0. The molecule has 0 spiro atoms. The Bertz CT molecular complexity index is 691. The Morgan fingerprint density at radius 1 is 1.10 bits per heavy atom. The van der Waals surface area contributed by atoms with E-state index in [0.29, 0.717) is 22.1 Å². The third kappa shape index (κ3) is 2.92. The molecule has 108 valence electrons. The molecule has 2 aromatic carbocycles. The zero-order valence-corrected chi connectivity index (χ0v) is 11.8. The number of guanidine groups is 1. The maximum Gasteiger partial charge on any atom is 0.209 e. The van der Waals surface area contributed by atoms with Gasteiger partial charge in [-0.2, -0.15) is 5.43 Å². The molecule has 1 aliphatic rings. The van der Waals surface area contributed by atoms with Crippen molar-refractivity contribution in [2.45, 2.75) is 5.79 Å². The summed E-state index contributed by atoms with van der Waals surface area (Å²) in [5.41, 5.74) is 17.8. The van der Waals surface area contributed by atoms with Crippen molar-refractivity contribution in [1.82, 2.24) is 10.9 Å². The molecule has 0 radical (unpaired) electrons. The number of ether oxygens (including phenoxy) is 1. The quantitative estimate of drug-likeness (QED) is 0.691. The normalized spacial score (nSPS) is 20.8. The van der Waals surface area contributed by atoms with Crippen molar-refractivity contribution in [3.63, 3.8) is 0 Å². The van der Waals surface area contributed by atoms with Gasteiger partial charge >= 0.3 is 0 Å². The predicted molar refractivity (Wildman–Crippen MR) is 81.7 cm³/mol. The van der Waals surface area contributed by atoms with Gasteiger partial charge in [-0.3, -0.25) is 11.2 Å². The summed E-state index contributed by atoms with van der Waals surface area (Å²) in [6.45, 7) is 0. The fourth-order valence-corrected chi connectivity index (χ4v) is 2.23. The molecule has 2 aromatic rings. The Kier molecular flexibility index (Phi) is 3.42. The van der Waals surface area contributed by atoms with Gasteiger partial charge in [-0.25, -0.2) is 4.99 Å². The molecule has 0 fully saturated rings. The molecule has 1 aliphatic heterocycles. The number of hydrogen-bond acceptors (Lipinski definition) is 6. The van der Waals surface area contributed by atoms with Crippen molar-refractivity contribution in [2.24, 2.45) is 16.5 Å². The third-order valence-electron chi connectivity index (χ3n) is 2.97. The maximum absolute atomic E-state index is 6.15. The summed E-state index contributed by atoms with van der Waals surface area (Å²) in [5, 5.41) is 0.491. The average Bonchev–Trinajstić information content (AvgIpc) is 2.80. The SMILES string of the molecule is NC1=NC(N)(c2cc(Cl)cc(Oc3ccccc3)c2)NN1. The number of halogens is 1. The van der Waals surface area contributed by atoms with Crippen LogP contribution in [0.3, 0.4) is 0 Å². The third-order valence-corrected chi connectivity index (χ3v) is 3.19. The molecular formula is C14H14ClN5O. The van der Waals surface area contributed by atoms with E-state index in [1.807, 2.05) is 30.3 Å². The lowest BCUT2D eigenvalue weighted by Gasteiger charge is -2.21. The Morgan fingerprint density at radius 3 is 2.52 bits per heavy atom. The number of nitrogens with zero attached hydrogens (tertiary/aromatic N) is 1. The van der Waals surface area contributed by atoms with Gasteiger partial charge in [0.05, 0.1) is 0 Å². The first-order chi connectivity index (χ1) is 10.0. The lowest BCUT2D eigenvalue weighted by molar-refractivity contribution is 0.373. The van der Waals surface area contributed by atoms with Crippen molar-refractivity contribution >= 4 is 17.6 Å². The summed E-state index contributed by atoms with van der Waals surface area (Å²) in [6, 6.07) is 14.6. The highest BCUT2D eigenvalue weighted by Gasteiger charge is 2.32. The molecule has 3 rings (SSSR count). The van der Waals surface area contributed by atoms with Gasteiger partial charge in [0.2, 0.25) is 11.7 Å². The standard InChI is InChI=1S/C14H14ClN5O/c15-10-6-9(14(17)18-13(16)19-20-14)7-12(8-10)21-11-4-2-1-3-5-11/h1-8,20H,17H2,(H3,16,18,19). The molecule has 1 heterocycles. The van der Waals surface area contributed by atoms with Crippen LogP contribution in [0.15, 0.2) is 53.5 Å². The molecule has 21 heavy (non-hydrogen) atoms. The number of aliphatic imine (C=N–C) groups is 1. The van der Waals surface area contributed by atoms with Crippen LogP contribution in [0, 0.1) is 0 Å². The predicted octanol–water partition coefficient (Wildman–Crippen LogP) is 1.62. The second kappa shape index (κ2) is 5.25. The summed E-state index contributed by atoms with van der Waals surface area (Å²) in [6.07, 6.45) is 0. The van der Waals surface area contributed by atoms with Gasteiger partial charge < -0.3 is 10.5 Å². The van der Waals surface area contributed by atoms with Gasteiger partial charge in [0.15, 0.2) is 0 Å². The first-order valence-corrected chi connectivity index (χ1v) is 6.64. The van der Waals surface area contributed by atoms with Gasteiger partial charge in [0.25, 0.3) is 0 Å². The minimum atomic E-state index is -1.18. The second-order valence-electron chi connectivity index (χ2n) is 4.60. The molecule has 0 aliphatic carbocycles. The fraction of sp³-hybridized carbons (Fsp3) is 0.0714. The highest BCUT2D eigenvalue weighted by Crippen LogP contribution is 2.30. The van der Waals surface area contributed by atoms with Crippen LogP contribution in [-0.2, 0) is 5.79 Å². The topological polar surface area (TPSA) is 97.7 Å². The van der Waals surface area contributed by atoms with Crippen molar-refractivity contribution in [1.29, 1.82) is 0 Å². The van der Waals surface area contributed by atoms with E-state index in [1.165, 1.54) is 0 Å². The van der Waals surface area contributed by atoms with Crippen molar-refractivity contribution in [3.8, 4) is 11.5 Å². The summed E-state index contributed by atoms with van der Waals surface area (Å²) >= 11 is 6.13. The Labute approximate surface area is 126 Å². The number of nitrogens with two attached hydrogens (primary N) is 2. The Morgan fingerprint density at radius 2 is 1.86 bits per heavy atom. The number of hydrogen-bond donors (Lipinski definition) is 4. The van der Waals surface area contributed by atoms with Gasteiger partial charge in [-0.05, 0) is 30.3 Å². The van der Waals surface area contributed by atoms with Crippen LogP contribution in [0.4, 0.5) is 0 Å². The molecule has 6 N–H and O–H groups in total. The van der Waals surface area contributed by atoms with Crippen LogP contribution in [0.2, 0.25) is 5.02 Å². The highest BCUT2D eigenvalue weighted by atomic mass is 35.5. The smallest absolute Gasteiger partial charge is 0.209 e. The molecule has 0 saturated heterocycles. The zero-order chi connectivity index (χ0) is 14.9. The number of nitrogens with one attached hydrogen (secondary N) is 2. The largest absolute Gasteiger partial charge is 0.457 e. The van der Waals surface area contributed by atoms with E-state index in [9.17, 15) is 0 Å². The summed E-state index contributed by atoms with van der Waals surface area (Å²) < 4.78 is 5.76. The van der Waals surface area contributed by atoms with E-state index in [2.05, 4.69) is 15.8 Å². The van der Waals surface area contributed by atoms with Crippen LogP contribution >= 0.6 is 11.6 Å². The maximum atomic E-state index is 6.15. The van der Waals surface area contributed by atoms with Crippen LogP contribution in [0.1, 0.15) is 5.56 Å². The minimum absolute atomic E-state index is 0.211. The average molecular weight is 304 g/mol. The van der Waals surface area contributed by atoms with E-state index in [1.54, 1.807) is 18.2 Å². The molecule has 0 saturated carbocycles. The van der Waals surface area contributed by atoms with E-state index in [4.69, 9.17) is 27.8 Å². The first kappa shape index (κ1) is 13.7. The van der Waals surface area contributed by atoms with Crippen LogP contribution in [0.25, 0.3) is 0 Å². The van der Waals surface area contributed by atoms with Gasteiger partial charge in [0, 0.05) is 10.6 Å². The first-order valence-electron chi connectivity index (χ1n) is 6.26. The number of hydrazine groups is 1. The minimum Gasteiger partial charge on any atom is -0.457 e. The van der Waals surface area contributed by atoms with Crippen molar-refractivity contribution in [3.05, 3.63) is 59.1 Å². The van der Waals surface area contributed by atoms with E-state index in [0.717, 1.165) is 0 Å². The fourth-order valence-electron chi connectivity index (χ4n) is 2.01. The van der Waals surface area contributed by atoms with E-state index < -0.39 is 5.79 Å². The zero-order valence-electron chi connectivity index (χ0n) is 11.0. The second-order valence-corrected chi connectivity index (χ2v) is 5.04. The number of para-hydroxylation sites is 1. The summed E-state index contributed by atoms with van der Waals surface area (Å²) in [4.78, 5) is 4.12. The van der Waals surface area contributed by atoms with Gasteiger partial charge in [0.1, 0.15) is 11.5 Å². The van der Waals surface area contributed by atoms with E-state index in [-0.39, 0.29) is 5.96 Å². The highest BCUT2D eigenvalue weighted by molar-refractivity contribution is 6.30. The van der Waals surface area contributed by atoms with Gasteiger partial charge in [-0.1, -0.05) is 29.8 Å².